The normalized spacial score (nSPS) is 10.6. The van der Waals surface area contributed by atoms with Crippen LogP contribution >= 0.6 is 27.5 Å². The maximum atomic E-state index is 6.12. The molecule has 0 saturated carbocycles. The van der Waals surface area contributed by atoms with E-state index in [0.29, 0.717) is 23.9 Å². The van der Waals surface area contributed by atoms with Crippen molar-refractivity contribution in [2.45, 2.75) is 19.7 Å². The minimum absolute atomic E-state index is 0.432. The lowest BCUT2D eigenvalue weighted by molar-refractivity contribution is 0.280. The van der Waals surface area contributed by atoms with Gasteiger partial charge in [-0.25, -0.2) is 0 Å². The van der Waals surface area contributed by atoms with E-state index in [0.717, 1.165) is 27.9 Å². The summed E-state index contributed by atoms with van der Waals surface area (Å²) in [6.45, 7) is 1.81. The van der Waals surface area contributed by atoms with E-state index in [4.69, 9.17) is 21.1 Å². The van der Waals surface area contributed by atoms with E-state index >= 15 is 0 Å². The predicted molar refractivity (Wildman–Crippen MR) is 111 cm³/mol. The van der Waals surface area contributed by atoms with Gasteiger partial charge in [-0.05, 0) is 47.5 Å². The Kier molecular flexibility index (Phi) is 7.10. The van der Waals surface area contributed by atoms with Crippen LogP contribution in [0.1, 0.15) is 16.7 Å². The summed E-state index contributed by atoms with van der Waals surface area (Å²) >= 11 is 9.58. The monoisotopic (exact) mass is 446 g/mol. The number of methoxy groups -OCH3 is 1. The second-order valence-electron chi connectivity index (χ2n) is 5.93. The van der Waals surface area contributed by atoms with E-state index in [1.165, 1.54) is 5.56 Å². The summed E-state index contributed by atoms with van der Waals surface area (Å²) in [4.78, 5) is 4.04. The highest BCUT2D eigenvalue weighted by Crippen LogP contribution is 2.36. The Balaban J connectivity index is 1.74. The van der Waals surface area contributed by atoms with Gasteiger partial charge in [-0.1, -0.05) is 39.7 Å². The number of halogens is 2. The van der Waals surface area contributed by atoms with Crippen molar-refractivity contribution in [1.82, 2.24) is 10.3 Å². The lowest BCUT2D eigenvalue weighted by atomic mass is 10.1. The third-order valence-corrected chi connectivity index (χ3v) is 5.06. The largest absolute Gasteiger partial charge is 0.493 e. The van der Waals surface area contributed by atoms with Gasteiger partial charge in [-0.2, -0.15) is 0 Å². The summed E-state index contributed by atoms with van der Waals surface area (Å²) in [6.07, 6.45) is 3.58. The van der Waals surface area contributed by atoms with E-state index in [1.54, 1.807) is 19.5 Å². The molecule has 3 rings (SSSR count). The first-order valence-corrected chi connectivity index (χ1v) is 9.66. The van der Waals surface area contributed by atoms with Crippen LogP contribution in [0.2, 0.25) is 5.02 Å². The van der Waals surface area contributed by atoms with Crippen LogP contribution < -0.4 is 14.8 Å². The molecule has 140 valence electrons. The molecule has 0 atom stereocenters. The van der Waals surface area contributed by atoms with Crippen molar-refractivity contribution in [2.24, 2.45) is 0 Å². The van der Waals surface area contributed by atoms with Gasteiger partial charge in [0.2, 0.25) is 0 Å². The molecular weight excluding hydrogens is 428 g/mol. The summed E-state index contributed by atoms with van der Waals surface area (Å²) in [7, 11) is 1.65. The van der Waals surface area contributed by atoms with Crippen LogP contribution in [0, 0.1) is 0 Å². The quantitative estimate of drug-likeness (QED) is 0.504. The number of nitrogens with zero attached hydrogens (tertiary/aromatic N) is 1. The summed E-state index contributed by atoms with van der Waals surface area (Å²) in [5.41, 5.74) is 3.22. The molecule has 0 aliphatic rings. The van der Waals surface area contributed by atoms with E-state index in [2.05, 4.69) is 26.2 Å². The zero-order valence-corrected chi connectivity index (χ0v) is 17.3. The highest BCUT2D eigenvalue weighted by Gasteiger charge is 2.15. The van der Waals surface area contributed by atoms with Gasteiger partial charge in [0.05, 0.1) is 7.11 Å². The van der Waals surface area contributed by atoms with Gasteiger partial charge in [0, 0.05) is 40.5 Å². The number of nitrogens with one attached hydrogen (secondary N) is 1. The fraction of sp³-hybridized carbons (Fsp3) is 0.190. The molecule has 0 aliphatic carbocycles. The SMILES string of the molecule is COc1ccc(Br)c(CNCc2ccncc2)c1OCc1ccc(Cl)cc1. The summed E-state index contributed by atoms with van der Waals surface area (Å²) in [6, 6.07) is 15.5. The number of hydrogen-bond acceptors (Lipinski definition) is 4. The van der Waals surface area contributed by atoms with Crippen molar-refractivity contribution >= 4 is 27.5 Å². The van der Waals surface area contributed by atoms with Crippen molar-refractivity contribution in [2.75, 3.05) is 7.11 Å². The maximum absolute atomic E-state index is 6.12. The Morgan fingerprint density at radius 2 is 1.70 bits per heavy atom. The number of benzene rings is 2. The lowest BCUT2D eigenvalue weighted by Crippen LogP contribution is -2.14. The molecule has 0 bridgehead atoms. The highest BCUT2D eigenvalue weighted by atomic mass is 79.9. The molecule has 0 aliphatic heterocycles. The molecule has 0 amide bonds. The Labute approximate surface area is 172 Å². The van der Waals surface area contributed by atoms with Crippen LogP contribution in [-0.4, -0.2) is 12.1 Å². The van der Waals surface area contributed by atoms with Crippen molar-refractivity contribution in [3.8, 4) is 11.5 Å². The van der Waals surface area contributed by atoms with Gasteiger partial charge in [-0.3, -0.25) is 4.98 Å². The summed E-state index contributed by atoms with van der Waals surface area (Å²) in [5.74, 6) is 1.43. The molecule has 1 aromatic heterocycles. The van der Waals surface area contributed by atoms with E-state index in [9.17, 15) is 0 Å². The molecular formula is C21H20BrClN2O2. The van der Waals surface area contributed by atoms with Gasteiger partial charge in [0.25, 0.3) is 0 Å². The zero-order chi connectivity index (χ0) is 19.1. The second kappa shape index (κ2) is 9.74. The standard InChI is InChI=1S/C21H20BrClN2O2/c1-26-20-7-6-19(22)18(13-25-12-15-8-10-24-11-9-15)21(20)27-14-16-2-4-17(23)5-3-16/h2-11,25H,12-14H2,1H3. The first kappa shape index (κ1) is 19.7. The number of pyridine rings is 1. The van der Waals surface area contributed by atoms with E-state index in [-0.39, 0.29) is 0 Å². The predicted octanol–water partition coefficient (Wildman–Crippen LogP) is 5.37. The average Bonchev–Trinajstić information content (AvgIpc) is 2.70. The van der Waals surface area contributed by atoms with E-state index in [1.807, 2.05) is 48.5 Å². The summed E-state index contributed by atoms with van der Waals surface area (Å²) in [5, 5.41) is 4.15. The Morgan fingerprint density at radius 1 is 0.963 bits per heavy atom. The van der Waals surface area contributed by atoms with Crippen molar-refractivity contribution < 1.29 is 9.47 Å². The number of rotatable bonds is 8. The highest BCUT2D eigenvalue weighted by molar-refractivity contribution is 9.10. The zero-order valence-electron chi connectivity index (χ0n) is 14.9. The van der Waals surface area contributed by atoms with Gasteiger partial charge in [0.15, 0.2) is 11.5 Å². The molecule has 4 nitrogen and oxygen atoms in total. The van der Waals surface area contributed by atoms with Crippen LogP contribution in [0.15, 0.2) is 65.4 Å². The molecule has 0 spiro atoms. The fourth-order valence-corrected chi connectivity index (χ4v) is 3.21. The van der Waals surface area contributed by atoms with Gasteiger partial charge in [-0.15, -0.1) is 0 Å². The molecule has 3 aromatic rings. The number of hydrogen-bond donors (Lipinski definition) is 1. The lowest BCUT2D eigenvalue weighted by Gasteiger charge is -2.17. The molecule has 0 unspecified atom stereocenters. The topological polar surface area (TPSA) is 43.4 Å². The minimum Gasteiger partial charge on any atom is -0.493 e. The van der Waals surface area contributed by atoms with Crippen molar-refractivity contribution in [3.63, 3.8) is 0 Å². The maximum Gasteiger partial charge on any atom is 0.167 e. The molecule has 0 radical (unpaired) electrons. The van der Waals surface area contributed by atoms with Crippen LogP contribution in [-0.2, 0) is 19.7 Å². The van der Waals surface area contributed by atoms with Gasteiger partial charge >= 0.3 is 0 Å². The average molecular weight is 448 g/mol. The first-order valence-electron chi connectivity index (χ1n) is 8.49. The van der Waals surface area contributed by atoms with Crippen LogP contribution in [0.4, 0.5) is 0 Å². The molecule has 2 aromatic carbocycles. The smallest absolute Gasteiger partial charge is 0.167 e. The molecule has 6 heteroatoms. The second-order valence-corrected chi connectivity index (χ2v) is 7.22. The summed E-state index contributed by atoms with van der Waals surface area (Å²) < 4.78 is 12.6. The molecule has 1 heterocycles. The van der Waals surface area contributed by atoms with Gasteiger partial charge < -0.3 is 14.8 Å². The third-order valence-electron chi connectivity index (χ3n) is 4.06. The first-order chi connectivity index (χ1) is 13.2. The van der Waals surface area contributed by atoms with Gasteiger partial charge in [0.1, 0.15) is 6.61 Å². The number of ether oxygens (including phenoxy) is 2. The molecule has 0 saturated heterocycles. The molecule has 1 N–H and O–H groups in total. The Morgan fingerprint density at radius 3 is 2.41 bits per heavy atom. The van der Waals surface area contributed by atoms with Crippen LogP contribution in [0.3, 0.4) is 0 Å². The van der Waals surface area contributed by atoms with Crippen LogP contribution in [0.25, 0.3) is 0 Å². The molecule has 0 fully saturated rings. The third kappa shape index (κ3) is 5.45. The minimum atomic E-state index is 0.432. The van der Waals surface area contributed by atoms with E-state index < -0.39 is 0 Å². The van der Waals surface area contributed by atoms with Crippen LogP contribution in [0.5, 0.6) is 11.5 Å². The molecule has 27 heavy (non-hydrogen) atoms. The fourth-order valence-electron chi connectivity index (χ4n) is 2.63. The number of aromatic nitrogens is 1. The van der Waals surface area contributed by atoms with Crippen molar-refractivity contribution in [1.29, 1.82) is 0 Å². The Hall–Kier alpha value is -2.08. The Bertz CT molecular complexity index is 873. The van der Waals surface area contributed by atoms with Crippen molar-refractivity contribution in [3.05, 3.63) is 87.1 Å².